The van der Waals surface area contributed by atoms with Gasteiger partial charge >= 0.3 is 0 Å². The van der Waals surface area contributed by atoms with Gasteiger partial charge in [-0.15, -0.1) is 0 Å². The molecule has 0 saturated heterocycles. The normalized spacial score (nSPS) is 12.1. The first-order chi connectivity index (χ1) is 11.1. The van der Waals surface area contributed by atoms with Crippen molar-refractivity contribution < 1.29 is 9.31 Å². The molecule has 3 aromatic rings. The molecule has 1 N–H and O–H groups in total. The number of nitro benzene ring substituents is 1. The topological polar surface area (TPSA) is 68.1 Å². The molecule has 0 aliphatic carbocycles. The van der Waals surface area contributed by atoms with E-state index >= 15 is 0 Å². The van der Waals surface area contributed by atoms with Gasteiger partial charge in [0.1, 0.15) is 5.82 Å². The maximum Gasteiger partial charge on any atom is 0.278 e. The monoisotopic (exact) mass is 311 g/mol. The van der Waals surface area contributed by atoms with Crippen molar-refractivity contribution >= 4 is 22.1 Å². The molecular formula is C17H14FN3O2. The summed E-state index contributed by atoms with van der Waals surface area (Å²) in [6, 6.07) is 11.0. The van der Waals surface area contributed by atoms with Gasteiger partial charge in [0.15, 0.2) is 0 Å². The highest BCUT2D eigenvalue weighted by Gasteiger charge is 2.15. The zero-order chi connectivity index (χ0) is 16.4. The molecule has 0 bridgehead atoms. The van der Waals surface area contributed by atoms with Crippen LogP contribution in [0.2, 0.25) is 0 Å². The fourth-order valence-electron chi connectivity index (χ4n) is 2.53. The smallest absolute Gasteiger partial charge is 0.278 e. The Hall–Kier alpha value is -3.02. The molecule has 1 aromatic heterocycles. The van der Waals surface area contributed by atoms with Crippen LogP contribution in [0.3, 0.4) is 0 Å². The van der Waals surface area contributed by atoms with Crippen LogP contribution in [-0.4, -0.2) is 9.91 Å². The second-order valence-electron chi connectivity index (χ2n) is 5.23. The molecule has 1 atom stereocenters. The van der Waals surface area contributed by atoms with E-state index in [1.807, 2.05) is 6.92 Å². The molecule has 6 heteroatoms. The van der Waals surface area contributed by atoms with Crippen molar-refractivity contribution in [1.29, 1.82) is 0 Å². The van der Waals surface area contributed by atoms with Gasteiger partial charge in [-0.1, -0.05) is 12.1 Å². The minimum absolute atomic E-state index is 0.0214. The second kappa shape index (κ2) is 6.00. The fourth-order valence-corrected chi connectivity index (χ4v) is 2.53. The van der Waals surface area contributed by atoms with E-state index in [1.165, 1.54) is 24.4 Å². The lowest BCUT2D eigenvalue weighted by atomic mass is 10.1. The van der Waals surface area contributed by atoms with Crippen LogP contribution in [0.25, 0.3) is 10.8 Å². The van der Waals surface area contributed by atoms with Gasteiger partial charge in [0.25, 0.3) is 5.69 Å². The average Bonchev–Trinajstić information content (AvgIpc) is 2.55. The van der Waals surface area contributed by atoms with Gasteiger partial charge in [-0.25, -0.2) is 4.39 Å². The molecule has 1 heterocycles. The number of halogens is 1. The van der Waals surface area contributed by atoms with Gasteiger partial charge in [-0.05, 0) is 36.8 Å². The molecule has 116 valence electrons. The quantitative estimate of drug-likeness (QED) is 0.570. The highest BCUT2D eigenvalue weighted by Crippen LogP contribution is 2.32. The van der Waals surface area contributed by atoms with E-state index in [9.17, 15) is 14.5 Å². The van der Waals surface area contributed by atoms with Gasteiger partial charge in [-0.3, -0.25) is 15.1 Å². The van der Waals surface area contributed by atoms with Crippen molar-refractivity contribution in [1.82, 2.24) is 4.98 Å². The fraction of sp³-hybridized carbons (Fsp3) is 0.118. The van der Waals surface area contributed by atoms with Crippen LogP contribution < -0.4 is 5.32 Å². The molecule has 2 aromatic carbocycles. The number of hydrogen-bond acceptors (Lipinski definition) is 4. The molecular weight excluding hydrogens is 297 g/mol. The van der Waals surface area contributed by atoms with Crippen molar-refractivity contribution in [2.75, 3.05) is 5.32 Å². The molecule has 0 aliphatic rings. The largest absolute Gasteiger partial charge is 0.378 e. The van der Waals surface area contributed by atoms with Gasteiger partial charge in [0.2, 0.25) is 0 Å². The van der Waals surface area contributed by atoms with Crippen molar-refractivity contribution in [2.45, 2.75) is 13.0 Å². The van der Waals surface area contributed by atoms with Crippen molar-refractivity contribution in [3.8, 4) is 0 Å². The molecule has 0 aliphatic heterocycles. The molecule has 0 saturated carbocycles. The molecule has 23 heavy (non-hydrogen) atoms. The summed E-state index contributed by atoms with van der Waals surface area (Å²) in [6.07, 6.45) is 3.08. The number of aromatic nitrogens is 1. The van der Waals surface area contributed by atoms with Gasteiger partial charge in [-0.2, -0.15) is 0 Å². The van der Waals surface area contributed by atoms with E-state index in [-0.39, 0.29) is 17.5 Å². The number of benzene rings is 2. The minimum Gasteiger partial charge on any atom is -0.378 e. The van der Waals surface area contributed by atoms with E-state index < -0.39 is 4.92 Å². The summed E-state index contributed by atoms with van der Waals surface area (Å²) in [5.74, 6) is -0.284. The lowest BCUT2D eigenvalue weighted by molar-refractivity contribution is -0.383. The van der Waals surface area contributed by atoms with E-state index in [1.54, 1.807) is 30.5 Å². The molecule has 0 radical (unpaired) electrons. The van der Waals surface area contributed by atoms with Crippen LogP contribution in [-0.2, 0) is 0 Å². The second-order valence-corrected chi connectivity index (χ2v) is 5.23. The molecule has 0 amide bonds. The van der Waals surface area contributed by atoms with Crippen LogP contribution in [0.5, 0.6) is 0 Å². The minimum atomic E-state index is -0.419. The van der Waals surface area contributed by atoms with E-state index in [0.29, 0.717) is 5.39 Å². The highest BCUT2D eigenvalue weighted by atomic mass is 19.1. The van der Waals surface area contributed by atoms with Crippen LogP contribution in [0.4, 0.5) is 15.8 Å². The number of nitrogens with one attached hydrogen (secondary N) is 1. The summed E-state index contributed by atoms with van der Waals surface area (Å²) in [7, 11) is 0. The van der Waals surface area contributed by atoms with Crippen molar-refractivity contribution in [2.24, 2.45) is 0 Å². The number of rotatable bonds is 4. The third-order valence-corrected chi connectivity index (χ3v) is 3.73. The van der Waals surface area contributed by atoms with E-state index in [0.717, 1.165) is 16.6 Å². The Bertz CT molecular complexity index is 865. The van der Waals surface area contributed by atoms with Crippen molar-refractivity contribution in [3.63, 3.8) is 0 Å². The number of nitrogens with zero attached hydrogens (tertiary/aromatic N) is 2. The Kier molecular flexibility index (Phi) is 3.89. The van der Waals surface area contributed by atoms with Gasteiger partial charge < -0.3 is 5.32 Å². The molecule has 3 rings (SSSR count). The summed E-state index contributed by atoms with van der Waals surface area (Å²) in [6.45, 7) is 1.95. The standard InChI is InChI=1S/C17H14FN3O2/c1-11(12-2-4-13(18)5-3-12)20-16-6-7-17(21(22)23)15-10-19-9-8-14(15)16/h2-11,20H,1H3/t11-/m1/s1. The number of pyridine rings is 1. The predicted octanol–water partition coefficient (Wildman–Crippen LogP) is 4.46. The van der Waals surface area contributed by atoms with E-state index in [2.05, 4.69) is 10.3 Å². The maximum atomic E-state index is 13.0. The van der Waals surface area contributed by atoms with Crippen LogP contribution >= 0.6 is 0 Å². The number of anilines is 1. The predicted molar refractivity (Wildman–Crippen MR) is 86.8 cm³/mol. The Morgan fingerprint density at radius 3 is 2.57 bits per heavy atom. The highest BCUT2D eigenvalue weighted by molar-refractivity contribution is 5.99. The van der Waals surface area contributed by atoms with Gasteiger partial charge in [0.05, 0.1) is 10.3 Å². The summed E-state index contributed by atoms with van der Waals surface area (Å²) in [5, 5.41) is 15.6. The Morgan fingerprint density at radius 2 is 1.87 bits per heavy atom. The Labute approximate surface area is 131 Å². The summed E-state index contributed by atoms with van der Waals surface area (Å²) in [5.41, 5.74) is 1.71. The van der Waals surface area contributed by atoms with Crippen LogP contribution in [0.1, 0.15) is 18.5 Å². The maximum absolute atomic E-state index is 13.0. The zero-order valence-corrected chi connectivity index (χ0v) is 12.4. The number of non-ortho nitro benzene ring substituents is 1. The molecule has 0 fully saturated rings. The lowest BCUT2D eigenvalue weighted by Gasteiger charge is -2.17. The molecule has 5 nitrogen and oxygen atoms in total. The third-order valence-electron chi connectivity index (χ3n) is 3.73. The lowest BCUT2D eigenvalue weighted by Crippen LogP contribution is -2.07. The van der Waals surface area contributed by atoms with Crippen LogP contribution in [0.15, 0.2) is 54.9 Å². The Balaban J connectivity index is 1.99. The summed E-state index contributed by atoms with van der Waals surface area (Å²) >= 11 is 0. The number of nitro groups is 1. The summed E-state index contributed by atoms with van der Waals surface area (Å²) in [4.78, 5) is 14.7. The van der Waals surface area contributed by atoms with E-state index in [4.69, 9.17) is 0 Å². The van der Waals surface area contributed by atoms with Gasteiger partial charge in [0, 0.05) is 35.6 Å². The van der Waals surface area contributed by atoms with Crippen molar-refractivity contribution in [3.05, 3.63) is 76.4 Å². The third kappa shape index (κ3) is 2.96. The first kappa shape index (κ1) is 14.9. The average molecular weight is 311 g/mol. The first-order valence-electron chi connectivity index (χ1n) is 7.09. The SMILES string of the molecule is C[C@@H](Nc1ccc([N+](=O)[O-])c2cnccc12)c1ccc(F)cc1. The Morgan fingerprint density at radius 1 is 1.13 bits per heavy atom. The zero-order valence-electron chi connectivity index (χ0n) is 12.4. The molecule has 0 spiro atoms. The number of hydrogen-bond donors (Lipinski definition) is 1. The number of fused-ring (bicyclic) bond motifs is 1. The molecule has 0 unspecified atom stereocenters. The van der Waals surface area contributed by atoms with Crippen LogP contribution in [0, 0.1) is 15.9 Å². The first-order valence-corrected chi connectivity index (χ1v) is 7.09. The summed E-state index contributed by atoms with van der Waals surface area (Å²) < 4.78 is 13.0.